The second-order valence-corrected chi connectivity index (χ2v) is 7.22. The van der Waals surface area contributed by atoms with Crippen LogP contribution in [0.15, 0.2) is 24.3 Å². The van der Waals surface area contributed by atoms with Crippen LogP contribution in [0.4, 0.5) is 0 Å². The van der Waals surface area contributed by atoms with Crippen LogP contribution in [-0.2, 0) is 20.7 Å². The minimum absolute atomic E-state index is 0.270. The Morgan fingerprint density at radius 2 is 1.92 bits per heavy atom. The van der Waals surface area contributed by atoms with Crippen LogP contribution in [0.5, 0.6) is 0 Å². The zero-order valence-corrected chi connectivity index (χ0v) is 14.3. The molecule has 1 aliphatic heterocycles. The van der Waals surface area contributed by atoms with E-state index in [2.05, 4.69) is 29.2 Å². The maximum Gasteiger partial charge on any atom is 0.225 e. The van der Waals surface area contributed by atoms with Crippen molar-refractivity contribution in [2.75, 3.05) is 19.8 Å². The Labute approximate surface area is 144 Å². The highest BCUT2D eigenvalue weighted by molar-refractivity contribution is 5.77. The number of rotatable bonds is 6. The van der Waals surface area contributed by atoms with Crippen molar-refractivity contribution >= 4 is 5.91 Å². The molecular weight excluding hydrogens is 302 g/mol. The molecule has 1 aromatic carbocycles. The zero-order valence-electron chi connectivity index (χ0n) is 14.3. The number of carbonyl (C=O) groups is 1. The fourth-order valence-electron chi connectivity index (χ4n) is 4.09. The monoisotopic (exact) mass is 329 g/mol. The van der Waals surface area contributed by atoms with Crippen LogP contribution in [-0.4, -0.2) is 42.8 Å². The molecule has 24 heavy (non-hydrogen) atoms. The van der Waals surface area contributed by atoms with Crippen LogP contribution in [0.1, 0.15) is 55.7 Å². The number of fused-ring (bicyclic) bond motifs is 1. The molecule has 0 N–H and O–H groups in total. The summed E-state index contributed by atoms with van der Waals surface area (Å²) in [5, 5.41) is 0. The van der Waals surface area contributed by atoms with E-state index in [9.17, 15) is 4.79 Å². The van der Waals surface area contributed by atoms with Gasteiger partial charge < -0.3 is 14.4 Å². The summed E-state index contributed by atoms with van der Waals surface area (Å²) in [4.78, 5) is 15.1. The van der Waals surface area contributed by atoms with Gasteiger partial charge in [-0.05, 0) is 49.7 Å². The second kappa shape index (κ2) is 7.24. The molecule has 0 spiro atoms. The van der Waals surface area contributed by atoms with Crippen molar-refractivity contribution in [1.82, 2.24) is 4.90 Å². The normalized spacial score (nSPS) is 23.9. The van der Waals surface area contributed by atoms with Gasteiger partial charge in [0.1, 0.15) is 0 Å². The average Bonchev–Trinajstić information content (AvgIpc) is 3.36. The van der Waals surface area contributed by atoms with Gasteiger partial charge in [0.2, 0.25) is 5.91 Å². The van der Waals surface area contributed by atoms with Crippen molar-refractivity contribution in [3.8, 4) is 0 Å². The van der Waals surface area contributed by atoms with Crippen LogP contribution in [0.25, 0.3) is 0 Å². The third-order valence-electron chi connectivity index (χ3n) is 5.50. The molecule has 0 aromatic heterocycles. The molecule has 3 aliphatic rings. The van der Waals surface area contributed by atoms with Crippen LogP contribution < -0.4 is 0 Å². The lowest BCUT2D eigenvalue weighted by Gasteiger charge is -2.30. The van der Waals surface area contributed by atoms with Crippen molar-refractivity contribution in [2.45, 2.75) is 63.1 Å². The maximum atomic E-state index is 12.9. The Bertz CT molecular complexity index is 578. The molecule has 1 heterocycles. The van der Waals surface area contributed by atoms with E-state index >= 15 is 0 Å². The van der Waals surface area contributed by atoms with Crippen molar-refractivity contribution in [1.29, 1.82) is 0 Å². The molecule has 1 atom stereocenters. The van der Waals surface area contributed by atoms with Crippen molar-refractivity contribution in [3.05, 3.63) is 35.4 Å². The molecule has 0 radical (unpaired) electrons. The third kappa shape index (κ3) is 3.50. The van der Waals surface area contributed by atoms with E-state index in [4.69, 9.17) is 9.47 Å². The minimum atomic E-state index is 0.270. The Morgan fingerprint density at radius 1 is 1.12 bits per heavy atom. The molecule has 1 aromatic rings. The summed E-state index contributed by atoms with van der Waals surface area (Å²) in [6.07, 6.45) is 7.17. The summed E-state index contributed by atoms with van der Waals surface area (Å²) in [6.45, 7) is 2.11. The average molecular weight is 329 g/mol. The molecule has 4 nitrogen and oxygen atoms in total. The first-order valence-electron chi connectivity index (χ1n) is 9.41. The quantitative estimate of drug-likeness (QED) is 0.804. The van der Waals surface area contributed by atoms with Gasteiger partial charge >= 0.3 is 0 Å². The summed E-state index contributed by atoms with van der Waals surface area (Å²) in [5.41, 5.74) is 2.78. The summed E-state index contributed by atoms with van der Waals surface area (Å²) >= 11 is 0. The fourth-order valence-corrected chi connectivity index (χ4v) is 4.09. The summed E-state index contributed by atoms with van der Waals surface area (Å²) < 4.78 is 11.3. The van der Waals surface area contributed by atoms with Crippen molar-refractivity contribution < 1.29 is 14.3 Å². The van der Waals surface area contributed by atoms with Gasteiger partial charge in [-0.25, -0.2) is 0 Å². The van der Waals surface area contributed by atoms with E-state index < -0.39 is 0 Å². The SMILES string of the molecule is O=C(CCOC1CCOCC1)N(C1CC1)[C@H]1CCc2ccccc21. The molecule has 2 aliphatic carbocycles. The van der Waals surface area contributed by atoms with Gasteiger partial charge in [0.05, 0.1) is 25.2 Å². The highest BCUT2D eigenvalue weighted by Gasteiger charge is 2.39. The molecule has 130 valence electrons. The number of hydrogen-bond acceptors (Lipinski definition) is 3. The third-order valence-corrected chi connectivity index (χ3v) is 5.50. The van der Waals surface area contributed by atoms with Gasteiger partial charge in [-0.2, -0.15) is 0 Å². The summed E-state index contributed by atoms with van der Waals surface area (Å²) in [5.74, 6) is 0.270. The number of aryl methyl sites for hydroxylation is 1. The highest BCUT2D eigenvalue weighted by Crippen LogP contribution is 2.42. The number of amides is 1. The molecule has 2 fully saturated rings. The molecular formula is C20H27NO3. The van der Waals surface area contributed by atoms with Gasteiger partial charge in [-0.3, -0.25) is 4.79 Å². The van der Waals surface area contributed by atoms with E-state index in [-0.39, 0.29) is 18.1 Å². The van der Waals surface area contributed by atoms with E-state index in [0.717, 1.165) is 51.7 Å². The number of hydrogen-bond donors (Lipinski definition) is 0. The predicted molar refractivity (Wildman–Crippen MR) is 91.8 cm³/mol. The number of carbonyl (C=O) groups excluding carboxylic acids is 1. The Kier molecular flexibility index (Phi) is 4.86. The largest absolute Gasteiger partial charge is 0.381 e. The van der Waals surface area contributed by atoms with E-state index in [1.165, 1.54) is 11.1 Å². The lowest BCUT2D eigenvalue weighted by molar-refractivity contribution is -0.136. The molecule has 4 heteroatoms. The molecule has 1 amide bonds. The highest BCUT2D eigenvalue weighted by atomic mass is 16.5. The Morgan fingerprint density at radius 3 is 2.71 bits per heavy atom. The smallest absolute Gasteiger partial charge is 0.225 e. The number of benzene rings is 1. The molecule has 0 bridgehead atoms. The van der Waals surface area contributed by atoms with Crippen LogP contribution in [0.2, 0.25) is 0 Å². The van der Waals surface area contributed by atoms with Gasteiger partial charge in [0, 0.05) is 19.3 Å². The number of nitrogens with zero attached hydrogens (tertiary/aromatic N) is 1. The minimum Gasteiger partial charge on any atom is -0.381 e. The first-order chi connectivity index (χ1) is 11.8. The fraction of sp³-hybridized carbons (Fsp3) is 0.650. The Balaban J connectivity index is 1.36. The molecule has 4 rings (SSSR count). The van der Waals surface area contributed by atoms with Gasteiger partial charge in [-0.15, -0.1) is 0 Å². The van der Waals surface area contributed by atoms with E-state index in [0.29, 0.717) is 19.1 Å². The molecule has 0 unspecified atom stereocenters. The number of ether oxygens (including phenoxy) is 2. The first kappa shape index (κ1) is 16.1. The van der Waals surface area contributed by atoms with Gasteiger partial charge in [-0.1, -0.05) is 24.3 Å². The zero-order chi connectivity index (χ0) is 16.4. The van der Waals surface area contributed by atoms with Crippen molar-refractivity contribution in [2.24, 2.45) is 0 Å². The second-order valence-electron chi connectivity index (χ2n) is 7.22. The summed E-state index contributed by atoms with van der Waals surface area (Å²) in [6, 6.07) is 9.35. The summed E-state index contributed by atoms with van der Waals surface area (Å²) in [7, 11) is 0. The topological polar surface area (TPSA) is 38.8 Å². The van der Waals surface area contributed by atoms with Crippen molar-refractivity contribution in [3.63, 3.8) is 0 Å². The first-order valence-corrected chi connectivity index (χ1v) is 9.41. The van der Waals surface area contributed by atoms with Gasteiger partial charge in [0.25, 0.3) is 0 Å². The predicted octanol–water partition coefficient (Wildman–Crippen LogP) is 3.25. The maximum absolute atomic E-state index is 12.9. The molecule has 1 saturated carbocycles. The van der Waals surface area contributed by atoms with E-state index in [1.807, 2.05) is 0 Å². The lowest BCUT2D eigenvalue weighted by atomic mass is 10.1. The van der Waals surface area contributed by atoms with E-state index in [1.54, 1.807) is 0 Å². The Hall–Kier alpha value is -1.39. The van der Waals surface area contributed by atoms with Crippen LogP contribution >= 0.6 is 0 Å². The molecule has 1 saturated heterocycles. The lowest BCUT2D eigenvalue weighted by Crippen LogP contribution is -2.37. The standard InChI is InChI=1S/C20H27NO3/c22-20(11-14-24-17-9-12-23-13-10-17)21(16-6-7-16)19-8-5-15-3-1-2-4-18(15)19/h1-4,16-17,19H,5-14H2/t19-/m0/s1. The van der Waals surface area contributed by atoms with Crippen LogP contribution in [0.3, 0.4) is 0 Å². The van der Waals surface area contributed by atoms with Gasteiger partial charge in [0.15, 0.2) is 0 Å². The van der Waals surface area contributed by atoms with Crippen LogP contribution in [0, 0.1) is 0 Å².